The first-order valence-electron chi connectivity index (χ1n) is 5.14. The van der Waals surface area contributed by atoms with E-state index >= 15 is 0 Å². The van der Waals surface area contributed by atoms with Gasteiger partial charge < -0.3 is 10.1 Å². The Labute approximate surface area is 99.0 Å². The van der Waals surface area contributed by atoms with Gasteiger partial charge in [-0.3, -0.25) is 9.78 Å². The second-order valence-electron chi connectivity index (χ2n) is 3.86. The molecule has 0 aliphatic heterocycles. The first kappa shape index (κ1) is 11.4. The van der Waals surface area contributed by atoms with E-state index in [-0.39, 0.29) is 18.1 Å². The Morgan fingerprint density at radius 1 is 1.62 bits per heavy atom. The van der Waals surface area contributed by atoms with Gasteiger partial charge in [0.25, 0.3) is 5.91 Å². The molecule has 1 aliphatic rings. The van der Waals surface area contributed by atoms with Gasteiger partial charge in [-0.1, -0.05) is 11.6 Å². The Morgan fingerprint density at radius 2 is 2.38 bits per heavy atom. The minimum Gasteiger partial charge on any atom is -0.381 e. The lowest BCUT2D eigenvalue weighted by Crippen LogP contribution is -2.47. The summed E-state index contributed by atoms with van der Waals surface area (Å²) in [5, 5.41) is 3.40. The van der Waals surface area contributed by atoms with Gasteiger partial charge in [0, 0.05) is 24.4 Å². The molecule has 1 aromatic rings. The maximum Gasteiger partial charge on any atom is 0.270 e. The Bertz CT molecular complexity index is 391. The van der Waals surface area contributed by atoms with Crippen molar-refractivity contribution < 1.29 is 9.53 Å². The fourth-order valence-electron chi connectivity index (χ4n) is 1.66. The van der Waals surface area contributed by atoms with Crippen molar-refractivity contribution in [3.05, 3.63) is 29.0 Å². The molecule has 1 fully saturated rings. The SMILES string of the molecule is COC1CC(NC(=O)c2cc(Cl)ccn2)C1. The minimum absolute atomic E-state index is 0.179. The number of hydrogen-bond donors (Lipinski definition) is 1. The van der Waals surface area contributed by atoms with E-state index in [2.05, 4.69) is 10.3 Å². The number of carbonyl (C=O) groups is 1. The first-order valence-corrected chi connectivity index (χ1v) is 5.52. The molecule has 1 aromatic heterocycles. The summed E-state index contributed by atoms with van der Waals surface area (Å²) in [6.45, 7) is 0. The van der Waals surface area contributed by atoms with Gasteiger partial charge in [0.15, 0.2) is 0 Å². The molecule has 4 nitrogen and oxygen atoms in total. The average molecular weight is 241 g/mol. The molecule has 0 unspecified atom stereocenters. The number of halogens is 1. The molecule has 16 heavy (non-hydrogen) atoms. The molecule has 1 heterocycles. The zero-order valence-electron chi connectivity index (χ0n) is 8.94. The highest BCUT2D eigenvalue weighted by atomic mass is 35.5. The molecule has 0 atom stereocenters. The highest BCUT2D eigenvalue weighted by Crippen LogP contribution is 2.22. The Hall–Kier alpha value is -1.13. The predicted octanol–water partition coefficient (Wildman–Crippen LogP) is 1.64. The van der Waals surface area contributed by atoms with Gasteiger partial charge in [-0.25, -0.2) is 0 Å². The fraction of sp³-hybridized carbons (Fsp3) is 0.455. The van der Waals surface area contributed by atoms with Crippen molar-refractivity contribution in [3.63, 3.8) is 0 Å². The van der Waals surface area contributed by atoms with E-state index in [0.717, 1.165) is 12.8 Å². The fourth-order valence-corrected chi connectivity index (χ4v) is 1.82. The quantitative estimate of drug-likeness (QED) is 0.874. The second kappa shape index (κ2) is 4.80. The summed E-state index contributed by atoms with van der Waals surface area (Å²) in [6, 6.07) is 3.39. The third kappa shape index (κ3) is 2.51. The maximum atomic E-state index is 11.7. The Kier molecular flexibility index (Phi) is 3.41. The van der Waals surface area contributed by atoms with Crippen molar-refractivity contribution in [1.29, 1.82) is 0 Å². The second-order valence-corrected chi connectivity index (χ2v) is 4.30. The summed E-state index contributed by atoms with van der Waals surface area (Å²) >= 11 is 5.78. The molecular formula is C11H13ClN2O2. The number of nitrogens with one attached hydrogen (secondary N) is 1. The summed E-state index contributed by atoms with van der Waals surface area (Å²) in [4.78, 5) is 15.7. The van der Waals surface area contributed by atoms with Gasteiger partial charge in [0.05, 0.1) is 6.10 Å². The predicted molar refractivity (Wildman–Crippen MR) is 60.5 cm³/mol. The summed E-state index contributed by atoms with van der Waals surface area (Å²) in [6.07, 6.45) is 3.53. The molecule has 1 saturated carbocycles. The lowest BCUT2D eigenvalue weighted by Gasteiger charge is -2.34. The standard InChI is InChI=1S/C11H13ClN2O2/c1-16-9-5-8(6-9)14-11(15)10-4-7(12)2-3-13-10/h2-4,8-9H,5-6H2,1H3,(H,14,15). The van der Waals surface area contributed by atoms with Crippen LogP contribution >= 0.6 is 11.6 Å². The van der Waals surface area contributed by atoms with E-state index in [9.17, 15) is 4.79 Å². The van der Waals surface area contributed by atoms with Crippen LogP contribution < -0.4 is 5.32 Å². The van der Waals surface area contributed by atoms with Gasteiger partial charge in [-0.15, -0.1) is 0 Å². The highest BCUT2D eigenvalue weighted by Gasteiger charge is 2.30. The number of carbonyl (C=O) groups excluding carboxylic acids is 1. The van der Waals surface area contributed by atoms with Crippen LogP contribution in [0.25, 0.3) is 0 Å². The van der Waals surface area contributed by atoms with Crippen LogP contribution in [-0.4, -0.2) is 30.1 Å². The third-order valence-electron chi connectivity index (χ3n) is 2.72. The third-order valence-corrected chi connectivity index (χ3v) is 2.95. The van der Waals surface area contributed by atoms with Crippen LogP contribution in [0.5, 0.6) is 0 Å². The summed E-state index contributed by atoms with van der Waals surface area (Å²) < 4.78 is 5.13. The number of pyridine rings is 1. The van der Waals surface area contributed by atoms with Crippen molar-refractivity contribution in [1.82, 2.24) is 10.3 Å². The maximum absolute atomic E-state index is 11.7. The molecule has 86 valence electrons. The smallest absolute Gasteiger partial charge is 0.270 e. The number of aromatic nitrogens is 1. The van der Waals surface area contributed by atoms with Gasteiger partial charge in [-0.05, 0) is 25.0 Å². The van der Waals surface area contributed by atoms with E-state index in [1.165, 1.54) is 6.20 Å². The van der Waals surface area contributed by atoms with Crippen LogP contribution in [0.1, 0.15) is 23.3 Å². The van der Waals surface area contributed by atoms with Gasteiger partial charge in [0.2, 0.25) is 0 Å². The summed E-state index contributed by atoms with van der Waals surface area (Å²) in [5.41, 5.74) is 0.355. The van der Waals surface area contributed by atoms with Gasteiger partial charge >= 0.3 is 0 Å². The molecule has 0 bridgehead atoms. The molecule has 0 saturated heterocycles. The normalized spacial score (nSPS) is 23.6. The molecule has 0 aromatic carbocycles. The number of ether oxygens (including phenoxy) is 1. The lowest BCUT2D eigenvalue weighted by molar-refractivity contribution is 0.0175. The largest absolute Gasteiger partial charge is 0.381 e. The average Bonchev–Trinajstić information content (AvgIpc) is 2.22. The van der Waals surface area contributed by atoms with Crippen molar-refractivity contribution in [3.8, 4) is 0 Å². The molecule has 0 radical (unpaired) electrons. The van der Waals surface area contributed by atoms with Gasteiger partial charge in [0.1, 0.15) is 5.69 Å². The van der Waals surface area contributed by atoms with Crippen LogP contribution in [0.4, 0.5) is 0 Å². The van der Waals surface area contributed by atoms with Crippen molar-refractivity contribution in [2.45, 2.75) is 25.0 Å². The molecular weight excluding hydrogens is 228 g/mol. The van der Waals surface area contributed by atoms with Crippen molar-refractivity contribution in [2.75, 3.05) is 7.11 Å². The molecule has 1 N–H and O–H groups in total. The first-order chi connectivity index (χ1) is 7.69. The zero-order chi connectivity index (χ0) is 11.5. The molecule has 1 amide bonds. The van der Waals surface area contributed by atoms with E-state index in [1.807, 2.05) is 0 Å². The Balaban J connectivity index is 1.89. The monoisotopic (exact) mass is 240 g/mol. The van der Waals surface area contributed by atoms with E-state index in [0.29, 0.717) is 10.7 Å². The van der Waals surface area contributed by atoms with E-state index in [4.69, 9.17) is 16.3 Å². The molecule has 1 aliphatic carbocycles. The summed E-state index contributed by atoms with van der Waals surface area (Å²) in [7, 11) is 1.68. The topological polar surface area (TPSA) is 51.2 Å². The van der Waals surface area contributed by atoms with Crippen LogP contribution in [-0.2, 0) is 4.74 Å². The summed E-state index contributed by atoms with van der Waals surface area (Å²) in [5.74, 6) is -0.179. The minimum atomic E-state index is -0.179. The van der Waals surface area contributed by atoms with Crippen LogP contribution in [0.15, 0.2) is 18.3 Å². The number of amides is 1. The van der Waals surface area contributed by atoms with Crippen molar-refractivity contribution >= 4 is 17.5 Å². The number of rotatable bonds is 3. The lowest BCUT2D eigenvalue weighted by atomic mass is 9.89. The van der Waals surface area contributed by atoms with Crippen molar-refractivity contribution in [2.24, 2.45) is 0 Å². The number of nitrogens with zero attached hydrogens (tertiary/aromatic N) is 1. The number of methoxy groups -OCH3 is 1. The van der Waals surface area contributed by atoms with Gasteiger partial charge in [-0.2, -0.15) is 0 Å². The Morgan fingerprint density at radius 3 is 3.00 bits per heavy atom. The van der Waals surface area contributed by atoms with Crippen LogP contribution in [0, 0.1) is 0 Å². The van der Waals surface area contributed by atoms with E-state index in [1.54, 1.807) is 19.2 Å². The van der Waals surface area contributed by atoms with E-state index < -0.39 is 0 Å². The van der Waals surface area contributed by atoms with Crippen LogP contribution in [0.2, 0.25) is 5.02 Å². The highest BCUT2D eigenvalue weighted by molar-refractivity contribution is 6.30. The number of hydrogen-bond acceptors (Lipinski definition) is 3. The molecule has 0 spiro atoms. The molecule has 5 heteroatoms. The van der Waals surface area contributed by atoms with Crippen LogP contribution in [0.3, 0.4) is 0 Å². The zero-order valence-corrected chi connectivity index (χ0v) is 9.70. The molecule has 2 rings (SSSR count).